The number of hydrogen-bond acceptors (Lipinski definition) is 4. The van der Waals surface area contributed by atoms with Crippen LogP contribution < -0.4 is 4.90 Å². The molecule has 1 amide bonds. The molecule has 4 rings (SSSR count). The first-order chi connectivity index (χ1) is 14.9. The molecule has 1 aliphatic heterocycles. The number of nitro benzene ring substituents is 1. The molecule has 31 heavy (non-hydrogen) atoms. The third-order valence-electron chi connectivity index (χ3n) is 5.21. The van der Waals surface area contributed by atoms with Gasteiger partial charge in [0, 0.05) is 16.6 Å². The van der Waals surface area contributed by atoms with Crippen molar-refractivity contribution in [1.29, 1.82) is 0 Å². The first kappa shape index (κ1) is 21.0. The van der Waals surface area contributed by atoms with Gasteiger partial charge in [-0.15, -0.1) is 0 Å². The summed E-state index contributed by atoms with van der Waals surface area (Å²) in [7, 11) is 0. The molecule has 1 atom stereocenters. The summed E-state index contributed by atoms with van der Waals surface area (Å²) in [6.45, 7) is 0.0754. The van der Waals surface area contributed by atoms with Crippen molar-refractivity contribution in [1.82, 2.24) is 0 Å². The van der Waals surface area contributed by atoms with Gasteiger partial charge < -0.3 is 4.74 Å². The highest BCUT2D eigenvalue weighted by molar-refractivity contribution is 9.10. The molecular weight excluding hydrogens is 467 g/mol. The van der Waals surface area contributed by atoms with Gasteiger partial charge in [-0.25, -0.2) is 9.18 Å². The minimum absolute atomic E-state index is 0.0626. The van der Waals surface area contributed by atoms with Crippen LogP contribution in [0, 0.1) is 15.9 Å². The van der Waals surface area contributed by atoms with Crippen LogP contribution in [0.4, 0.5) is 20.6 Å². The van der Waals surface area contributed by atoms with Crippen LogP contribution in [0.15, 0.2) is 71.2 Å². The highest BCUT2D eigenvalue weighted by atomic mass is 79.9. The number of carbonyl (C=O) groups is 1. The van der Waals surface area contributed by atoms with Gasteiger partial charge in [0.2, 0.25) is 0 Å². The fourth-order valence-corrected chi connectivity index (χ4v) is 4.50. The molecule has 0 radical (unpaired) electrons. The van der Waals surface area contributed by atoms with E-state index in [4.69, 9.17) is 4.74 Å². The average molecular weight is 485 g/mol. The predicted octanol–water partition coefficient (Wildman–Crippen LogP) is 6.33. The molecule has 3 aromatic carbocycles. The quantitative estimate of drug-likeness (QED) is 0.320. The Bertz CT molecular complexity index is 1140. The van der Waals surface area contributed by atoms with Crippen molar-refractivity contribution in [2.24, 2.45) is 0 Å². The van der Waals surface area contributed by atoms with Crippen LogP contribution in [0.25, 0.3) is 0 Å². The average Bonchev–Trinajstić information content (AvgIpc) is 2.77. The number of nitrogens with zero attached hydrogens (tertiary/aromatic N) is 2. The number of hydrogen-bond donors (Lipinski definition) is 0. The van der Waals surface area contributed by atoms with Crippen molar-refractivity contribution in [3.05, 3.63) is 104 Å². The van der Waals surface area contributed by atoms with Crippen molar-refractivity contribution in [3.63, 3.8) is 0 Å². The van der Waals surface area contributed by atoms with Crippen LogP contribution in [-0.4, -0.2) is 11.0 Å². The van der Waals surface area contributed by atoms with Gasteiger partial charge in [-0.2, -0.15) is 0 Å². The molecule has 1 unspecified atom stereocenters. The summed E-state index contributed by atoms with van der Waals surface area (Å²) >= 11 is 3.39. The smallest absolute Gasteiger partial charge is 0.415 e. The van der Waals surface area contributed by atoms with Gasteiger partial charge in [-0.3, -0.25) is 15.0 Å². The van der Waals surface area contributed by atoms with E-state index in [1.54, 1.807) is 12.1 Å². The van der Waals surface area contributed by atoms with E-state index < -0.39 is 22.9 Å². The molecule has 8 heteroatoms. The van der Waals surface area contributed by atoms with Gasteiger partial charge in [-0.1, -0.05) is 42.5 Å². The molecule has 0 N–H and O–H groups in total. The van der Waals surface area contributed by atoms with Crippen LogP contribution in [0.2, 0.25) is 0 Å². The number of aryl methyl sites for hydroxylation is 1. The number of amides is 1. The highest BCUT2D eigenvalue weighted by Crippen LogP contribution is 2.45. The molecule has 0 saturated carbocycles. The maximum atomic E-state index is 13.9. The monoisotopic (exact) mass is 484 g/mol. The highest BCUT2D eigenvalue weighted by Gasteiger charge is 2.36. The van der Waals surface area contributed by atoms with Crippen LogP contribution in [-0.2, 0) is 17.8 Å². The summed E-state index contributed by atoms with van der Waals surface area (Å²) in [5.41, 5.74) is 2.56. The Balaban J connectivity index is 1.73. The van der Waals surface area contributed by atoms with E-state index >= 15 is 0 Å². The predicted molar refractivity (Wildman–Crippen MR) is 117 cm³/mol. The zero-order chi connectivity index (χ0) is 22.0. The third-order valence-corrected chi connectivity index (χ3v) is 5.82. The second-order valence-corrected chi connectivity index (χ2v) is 8.07. The molecule has 1 heterocycles. The first-order valence-corrected chi connectivity index (χ1v) is 10.5. The largest absolute Gasteiger partial charge is 0.444 e. The number of ether oxygens (including phenoxy) is 1. The Labute approximate surface area is 186 Å². The van der Waals surface area contributed by atoms with Crippen molar-refractivity contribution in [3.8, 4) is 0 Å². The Morgan fingerprint density at radius 3 is 2.65 bits per heavy atom. The minimum Gasteiger partial charge on any atom is -0.444 e. The van der Waals surface area contributed by atoms with Gasteiger partial charge >= 0.3 is 6.09 Å². The molecule has 6 nitrogen and oxygen atoms in total. The molecule has 0 aromatic heterocycles. The lowest BCUT2D eigenvalue weighted by Gasteiger charge is -2.37. The van der Waals surface area contributed by atoms with Crippen LogP contribution in [0.5, 0.6) is 0 Å². The number of anilines is 1. The number of nitro groups is 1. The van der Waals surface area contributed by atoms with Crippen LogP contribution >= 0.6 is 15.9 Å². The molecule has 1 aliphatic rings. The zero-order valence-electron chi connectivity index (χ0n) is 16.3. The topological polar surface area (TPSA) is 72.7 Å². The number of carbonyl (C=O) groups excluding carboxylic acids is 1. The molecule has 158 valence electrons. The van der Waals surface area contributed by atoms with Crippen molar-refractivity contribution in [2.45, 2.75) is 25.5 Å². The first-order valence-electron chi connectivity index (χ1n) is 9.66. The Morgan fingerprint density at radius 2 is 1.94 bits per heavy atom. The molecule has 0 bridgehead atoms. The Hall–Kier alpha value is -3.26. The van der Waals surface area contributed by atoms with E-state index in [2.05, 4.69) is 15.9 Å². The summed E-state index contributed by atoms with van der Waals surface area (Å²) in [5.74, 6) is -0.399. The summed E-state index contributed by atoms with van der Waals surface area (Å²) in [5, 5.41) is 11.3. The van der Waals surface area contributed by atoms with Crippen LogP contribution in [0.1, 0.15) is 29.2 Å². The van der Waals surface area contributed by atoms with Crippen molar-refractivity contribution in [2.75, 3.05) is 4.90 Å². The molecule has 0 saturated heterocycles. The van der Waals surface area contributed by atoms with E-state index in [-0.39, 0.29) is 12.3 Å². The van der Waals surface area contributed by atoms with Crippen LogP contribution in [0.3, 0.4) is 0 Å². The lowest BCUT2D eigenvalue weighted by Crippen LogP contribution is -2.39. The summed E-state index contributed by atoms with van der Waals surface area (Å²) < 4.78 is 19.9. The summed E-state index contributed by atoms with van der Waals surface area (Å²) in [4.78, 5) is 25.5. The van der Waals surface area contributed by atoms with Gasteiger partial charge in [0.15, 0.2) is 0 Å². The lowest BCUT2D eigenvalue weighted by molar-refractivity contribution is -0.385. The van der Waals surface area contributed by atoms with E-state index in [1.807, 2.05) is 30.3 Å². The van der Waals surface area contributed by atoms with E-state index in [0.29, 0.717) is 34.1 Å². The molecular formula is C23H18BrFN2O4. The van der Waals surface area contributed by atoms with E-state index in [9.17, 15) is 19.3 Å². The van der Waals surface area contributed by atoms with Gasteiger partial charge in [0.1, 0.15) is 12.4 Å². The fourth-order valence-electron chi connectivity index (χ4n) is 3.82. The summed E-state index contributed by atoms with van der Waals surface area (Å²) in [6.07, 6.45) is 0.373. The van der Waals surface area contributed by atoms with Gasteiger partial charge in [0.05, 0.1) is 16.7 Å². The standard InChI is InChI=1S/C23H18BrFN2O4/c24-20-13-19(27(29)30)12-17-9-10-21(16-7-4-8-18(25)11-16)26(22(17)20)23(28)31-14-15-5-2-1-3-6-15/h1-8,11-13,21H,9-10,14H2. The molecule has 0 spiro atoms. The summed E-state index contributed by atoms with van der Waals surface area (Å²) in [6, 6.07) is 17.7. The maximum Gasteiger partial charge on any atom is 0.415 e. The third kappa shape index (κ3) is 4.44. The van der Waals surface area contributed by atoms with Gasteiger partial charge in [-0.05, 0) is 57.6 Å². The second kappa shape index (κ2) is 8.85. The Morgan fingerprint density at radius 1 is 1.16 bits per heavy atom. The zero-order valence-corrected chi connectivity index (χ0v) is 17.9. The van der Waals surface area contributed by atoms with Crippen molar-refractivity contribution >= 4 is 33.4 Å². The molecule has 0 aliphatic carbocycles. The van der Waals surface area contributed by atoms with E-state index in [0.717, 1.165) is 5.56 Å². The lowest BCUT2D eigenvalue weighted by atomic mass is 9.91. The number of fused-ring (bicyclic) bond motifs is 1. The molecule has 3 aromatic rings. The number of benzene rings is 3. The normalized spacial score (nSPS) is 15.3. The fraction of sp³-hybridized carbons (Fsp3) is 0.174. The number of rotatable bonds is 4. The maximum absolute atomic E-state index is 13.9. The van der Waals surface area contributed by atoms with Crippen molar-refractivity contribution < 1.29 is 18.8 Å². The SMILES string of the molecule is O=C(OCc1ccccc1)N1c2c(Br)cc([N+](=O)[O-])cc2CCC1c1cccc(F)c1. The second-order valence-electron chi connectivity index (χ2n) is 7.21. The Kier molecular flexibility index (Phi) is 5.99. The van der Waals surface area contributed by atoms with E-state index in [1.165, 1.54) is 29.2 Å². The number of halogens is 2. The minimum atomic E-state index is -0.603. The number of non-ortho nitro benzene ring substituents is 1. The van der Waals surface area contributed by atoms with Gasteiger partial charge in [0.25, 0.3) is 5.69 Å². The molecule has 0 fully saturated rings.